The van der Waals surface area contributed by atoms with Gasteiger partial charge in [-0.3, -0.25) is 0 Å². The zero-order valence-corrected chi connectivity index (χ0v) is 21.0. The molecule has 0 aromatic heterocycles. The smallest absolute Gasteiger partial charge is 0.337 e. The van der Waals surface area contributed by atoms with Crippen molar-refractivity contribution in [3.05, 3.63) is 59.2 Å². The first kappa shape index (κ1) is 28.1. The van der Waals surface area contributed by atoms with Gasteiger partial charge in [0.2, 0.25) is 0 Å². The lowest BCUT2D eigenvalue weighted by molar-refractivity contribution is -0.131. The van der Waals surface area contributed by atoms with E-state index in [2.05, 4.69) is 11.4 Å². The first-order valence-electron chi connectivity index (χ1n) is 11.8. The predicted octanol–water partition coefficient (Wildman–Crippen LogP) is 3.61. The molecule has 0 aliphatic carbocycles. The molecule has 35 heavy (non-hydrogen) atoms. The van der Waals surface area contributed by atoms with Crippen LogP contribution in [0.5, 0.6) is 11.5 Å². The molecule has 2 unspecified atom stereocenters. The summed E-state index contributed by atoms with van der Waals surface area (Å²) < 4.78 is 20.9. The fraction of sp³-hybridized carbons (Fsp3) is 0.481. The molecule has 0 spiro atoms. The van der Waals surface area contributed by atoms with Gasteiger partial charge in [0.05, 0.1) is 33.0 Å². The Morgan fingerprint density at radius 1 is 1.06 bits per heavy atom. The molecule has 2 N–H and O–H groups in total. The number of benzene rings is 2. The lowest BCUT2D eigenvalue weighted by Crippen LogP contribution is -2.40. The van der Waals surface area contributed by atoms with Crippen molar-refractivity contribution in [1.29, 1.82) is 5.26 Å². The van der Waals surface area contributed by atoms with Crippen molar-refractivity contribution in [1.82, 2.24) is 5.32 Å². The summed E-state index contributed by atoms with van der Waals surface area (Å²) in [6.45, 7) is 3.64. The number of carbonyl (C=O) groups excluding carboxylic acids is 1. The van der Waals surface area contributed by atoms with Crippen molar-refractivity contribution in [2.45, 2.75) is 44.3 Å². The van der Waals surface area contributed by atoms with Crippen molar-refractivity contribution in [2.75, 3.05) is 41.0 Å². The van der Waals surface area contributed by atoms with E-state index >= 15 is 0 Å². The van der Waals surface area contributed by atoms with E-state index in [0.717, 1.165) is 31.5 Å². The second kappa shape index (κ2) is 14.3. The van der Waals surface area contributed by atoms with Crippen LogP contribution < -0.4 is 14.8 Å². The van der Waals surface area contributed by atoms with Crippen molar-refractivity contribution in [3.8, 4) is 17.6 Å². The number of methoxy groups -OCH3 is 3. The Morgan fingerprint density at radius 2 is 1.77 bits per heavy atom. The minimum absolute atomic E-state index is 0.292. The molecule has 0 fully saturated rings. The highest BCUT2D eigenvalue weighted by atomic mass is 16.6. The quantitative estimate of drug-likeness (QED) is 0.224. The zero-order chi connectivity index (χ0) is 25.7. The summed E-state index contributed by atoms with van der Waals surface area (Å²) in [5, 5.41) is 24.3. The van der Waals surface area contributed by atoms with Crippen LogP contribution in [-0.2, 0) is 21.3 Å². The Labute approximate surface area is 207 Å². The molecule has 190 valence electrons. The Hall–Kier alpha value is -3.12. The molecular weight excluding hydrogens is 448 g/mol. The summed E-state index contributed by atoms with van der Waals surface area (Å²) in [7, 11) is 4.45. The third-order valence-corrected chi connectivity index (χ3v) is 5.98. The predicted molar refractivity (Wildman–Crippen MR) is 133 cm³/mol. The molecule has 0 aliphatic rings. The van der Waals surface area contributed by atoms with Crippen LogP contribution in [-0.4, -0.2) is 58.4 Å². The Kier molecular flexibility index (Phi) is 11.5. The number of hydrogen-bond acceptors (Lipinski definition) is 8. The molecule has 2 rings (SSSR count). The number of rotatable bonds is 15. The number of unbranched alkanes of at least 4 members (excludes halogenated alkanes) is 1. The minimum atomic E-state index is -1.27. The number of esters is 1. The third kappa shape index (κ3) is 7.43. The Morgan fingerprint density at radius 3 is 2.37 bits per heavy atom. The highest BCUT2D eigenvalue weighted by Gasteiger charge is 2.41. The van der Waals surface area contributed by atoms with E-state index in [1.807, 2.05) is 12.1 Å². The van der Waals surface area contributed by atoms with Crippen LogP contribution in [0, 0.1) is 11.3 Å². The van der Waals surface area contributed by atoms with E-state index in [-0.39, 0.29) is 5.97 Å². The maximum absolute atomic E-state index is 11.5. The van der Waals surface area contributed by atoms with Gasteiger partial charge < -0.3 is 29.4 Å². The van der Waals surface area contributed by atoms with Gasteiger partial charge in [-0.25, -0.2) is 4.79 Å². The second-order valence-electron chi connectivity index (χ2n) is 8.11. The van der Waals surface area contributed by atoms with Crippen LogP contribution in [0.25, 0.3) is 0 Å². The average molecular weight is 485 g/mol. The molecule has 8 nitrogen and oxygen atoms in total. The summed E-state index contributed by atoms with van der Waals surface area (Å²) >= 11 is 0. The number of nitrogens with one attached hydrogen (secondary N) is 1. The number of nitriles is 1. The lowest BCUT2D eigenvalue weighted by atomic mass is 9.76. The second-order valence-corrected chi connectivity index (χ2v) is 8.11. The number of nitrogens with zero attached hydrogens (tertiary/aromatic N) is 1. The van der Waals surface area contributed by atoms with E-state index in [0.29, 0.717) is 42.1 Å². The van der Waals surface area contributed by atoms with Crippen LogP contribution in [0.15, 0.2) is 42.5 Å². The van der Waals surface area contributed by atoms with Gasteiger partial charge in [-0.05, 0) is 74.7 Å². The standard InChI is InChI=1S/C27H36N2O6/c1-5-35-26(31)27(19-28,22-12-13-23(32-2)24(18-22)33-3)15-6-7-16-29-17-14-20-8-10-21(11-9-20)25(30)34-4/h8-13,18,26,29,31H,5-7,14-17H2,1-4H3. The van der Waals surface area contributed by atoms with Crippen LogP contribution in [0.3, 0.4) is 0 Å². The topological polar surface area (TPSA) is 110 Å². The number of carbonyl (C=O) groups is 1. The van der Waals surface area contributed by atoms with Crippen molar-refractivity contribution in [3.63, 3.8) is 0 Å². The molecule has 2 aromatic rings. The summed E-state index contributed by atoms with van der Waals surface area (Å²) in [6.07, 6.45) is 1.54. The fourth-order valence-corrected chi connectivity index (χ4v) is 3.94. The number of aliphatic hydroxyl groups excluding tert-OH is 1. The van der Waals surface area contributed by atoms with E-state index in [9.17, 15) is 15.2 Å². The number of aliphatic hydroxyl groups is 1. The van der Waals surface area contributed by atoms with Crippen LogP contribution in [0.4, 0.5) is 0 Å². The van der Waals surface area contributed by atoms with Gasteiger partial charge in [-0.15, -0.1) is 0 Å². The first-order valence-corrected chi connectivity index (χ1v) is 11.8. The SMILES string of the molecule is CCOC(O)C(C#N)(CCCCNCCc1ccc(C(=O)OC)cc1)c1ccc(OC)c(OC)c1. The molecule has 0 aliphatic heterocycles. The molecule has 0 amide bonds. The van der Waals surface area contributed by atoms with E-state index in [1.165, 1.54) is 14.2 Å². The summed E-state index contributed by atoms with van der Waals surface area (Å²) in [4.78, 5) is 11.5. The summed E-state index contributed by atoms with van der Waals surface area (Å²) in [5.74, 6) is 0.707. The van der Waals surface area contributed by atoms with Crippen molar-refractivity contribution < 1.29 is 28.8 Å². The number of ether oxygens (including phenoxy) is 4. The molecule has 0 heterocycles. The van der Waals surface area contributed by atoms with Crippen LogP contribution in [0.2, 0.25) is 0 Å². The van der Waals surface area contributed by atoms with E-state index in [4.69, 9.17) is 18.9 Å². The van der Waals surface area contributed by atoms with Crippen LogP contribution in [0.1, 0.15) is 47.7 Å². The van der Waals surface area contributed by atoms with E-state index in [1.54, 1.807) is 44.4 Å². The Bertz CT molecular complexity index is 973. The molecule has 0 bridgehead atoms. The highest BCUT2D eigenvalue weighted by Crippen LogP contribution is 2.38. The van der Waals surface area contributed by atoms with Gasteiger partial charge in [-0.2, -0.15) is 5.26 Å². The molecule has 2 atom stereocenters. The van der Waals surface area contributed by atoms with Crippen molar-refractivity contribution in [2.24, 2.45) is 0 Å². The normalized spacial score (nSPS) is 13.4. The lowest BCUT2D eigenvalue weighted by Gasteiger charge is -2.32. The summed E-state index contributed by atoms with van der Waals surface area (Å²) in [5.41, 5.74) is 1.06. The van der Waals surface area contributed by atoms with Crippen LogP contribution >= 0.6 is 0 Å². The monoisotopic (exact) mass is 484 g/mol. The van der Waals surface area contributed by atoms with Gasteiger partial charge in [0.1, 0.15) is 5.41 Å². The van der Waals surface area contributed by atoms with Gasteiger partial charge in [0.25, 0.3) is 0 Å². The summed E-state index contributed by atoms with van der Waals surface area (Å²) in [6, 6.07) is 14.9. The zero-order valence-electron chi connectivity index (χ0n) is 21.0. The van der Waals surface area contributed by atoms with E-state index < -0.39 is 11.7 Å². The van der Waals surface area contributed by atoms with Crippen molar-refractivity contribution >= 4 is 5.97 Å². The Balaban J connectivity index is 1.92. The number of hydrogen-bond donors (Lipinski definition) is 2. The molecular formula is C27H36N2O6. The largest absolute Gasteiger partial charge is 0.493 e. The molecule has 0 saturated heterocycles. The minimum Gasteiger partial charge on any atom is -0.493 e. The van der Waals surface area contributed by atoms with Gasteiger partial charge in [0, 0.05) is 6.61 Å². The van der Waals surface area contributed by atoms with Gasteiger partial charge in [-0.1, -0.05) is 24.6 Å². The average Bonchev–Trinajstić information content (AvgIpc) is 2.90. The fourth-order valence-electron chi connectivity index (χ4n) is 3.94. The maximum atomic E-state index is 11.5. The first-order chi connectivity index (χ1) is 16.9. The van der Waals surface area contributed by atoms with Gasteiger partial charge >= 0.3 is 5.97 Å². The molecule has 0 saturated carbocycles. The molecule has 8 heteroatoms. The van der Waals surface area contributed by atoms with Gasteiger partial charge in [0.15, 0.2) is 17.8 Å². The maximum Gasteiger partial charge on any atom is 0.337 e. The molecule has 2 aromatic carbocycles. The highest BCUT2D eigenvalue weighted by molar-refractivity contribution is 5.89. The third-order valence-electron chi connectivity index (χ3n) is 5.98. The molecule has 0 radical (unpaired) electrons.